The lowest BCUT2D eigenvalue weighted by Crippen LogP contribution is -2.09. The molecule has 5 rings (SSSR count). The van der Waals surface area contributed by atoms with Crippen molar-refractivity contribution in [3.63, 3.8) is 0 Å². The molecular weight excluding hydrogens is 444 g/mol. The SMILES string of the molecule is COc1ccc(OC)c(C(=O)CSc2nnc3c4c5c(sc4nc(C)n23)CC(C)CC5)c1. The lowest BCUT2D eigenvalue weighted by Gasteiger charge is -2.17. The first-order valence-corrected chi connectivity index (χ1v) is 12.3. The van der Waals surface area contributed by atoms with Crippen molar-refractivity contribution in [1.29, 1.82) is 0 Å². The van der Waals surface area contributed by atoms with Gasteiger partial charge in [-0.1, -0.05) is 18.7 Å². The topological polar surface area (TPSA) is 78.6 Å². The standard InChI is InChI=1S/C23H24N4O3S2/c1-12-5-7-15-19(9-12)32-22-20(15)21-25-26-23(27(21)13(2)24-22)31-11-17(28)16-10-14(29-3)6-8-18(16)30-4/h6,8,10,12H,5,7,9,11H2,1-4H3. The molecule has 3 aromatic heterocycles. The first kappa shape index (κ1) is 21.2. The molecule has 166 valence electrons. The van der Waals surface area contributed by atoms with Gasteiger partial charge in [0.2, 0.25) is 0 Å². The molecule has 1 aromatic carbocycles. The minimum absolute atomic E-state index is 0.0592. The highest BCUT2D eigenvalue weighted by Crippen LogP contribution is 2.39. The predicted octanol–water partition coefficient (Wildman–Crippen LogP) is 4.76. The maximum Gasteiger partial charge on any atom is 0.197 e. The molecule has 0 bridgehead atoms. The number of benzene rings is 1. The van der Waals surface area contributed by atoms with Gasteiger partial charge >= 0.3 is 0 Å². The summed E-state index contributed by atoms with van der Waals surface area (Å²) in [4.78, 5) is 20.3. The summed E-state index contributed by atoms with van der Waals surface area (Å²) in [6.07, 6.45) is 3.35. The summed E-state index contributed by atoms with van der Waals surface area (Å²) in [5, 5.41) is 10.7. The third kappa shape index (κ3) is 3.53. The zero-order valence-corrected chi connectivity index (χ0v) is 20.1. The van der Waals surface area contributed by atoms with Gasteiger partial charge in [-0.3, -0.25) is 9.20 Å². The van der Waals surface area contributed by atoms with E-state index in [1.54, 1.807) is 43.8 Å². The number of aromatic nitrogens is 4. The second kappa shape index (κ2) is 8.37. The van der Waals surface area contributed by atoms with Gasteiger partial charge in [0.25, 0.3) is 0 Å². The van der Waals surface area contributed by atoms with Crippen LogP contribution in [-0.4, -0.2) is 45.3 Å². The third-order valence-corrected chi connectivity index (χ3v) is 8.05. The molecule has 0 spiro atoms. The van der Waals surface area contributed by atoms with Crippen molar-refractivity contribution in [3.05, 3.63) is 40.0 Å². The van der Waals surface area contributed by atoms with Crippen molar-refractivity contribution in [3.8, 4) is 11.5 Å². The molecule has 1 unspecified atom stereocenters. The van der Waals surface area contributed by atoms with Crippen molar-refractivity contribution in [1.82, 2.24) is 19.6 Å². The van der Waals surface area contributed by atoms with Crippen LogP contribution in [0.3, 0.4) is 0 Å². The van der Waals surface area contributed by atoms with E-state index in [0.29, 0.717) is 28.1 Å². The largest absolute Gasteiger partial charge is 0.497 e. The van der Waals surface area contributed by atoms with Gasteiger partial charge in [-0.2, -0.15) is 0 Å². The zero-order valence-electron chi connectivity index (χ0n) is 18.5. The summed E-state index contributed by atoms with van der Waals surface area (Å²) in [5.74, 6) is 2.83. The Morgan fingerprint density at radius 3 is 2.91 bits per heavy atom. The average molecular weight is 469 g/mol. The number of ether oxygens (including phenoxy) is 2. The van der Waals surface area contributed by atoms with Gasteiger partial charge in [-0.15, -0.1) is 21.5 Å². The average Bonchev–Trinajstić information content (AvgIpc) is 3.37. The van der Waals surface area contributed by atoms with Gasteiger partial charge in [-0.05, 0) is 55.9 Å². The maximum atomic E-state index is 13.0. The van der Waals surface area contributed by atoms with E-state index in [2.05, 4.69) is 17.1 Å². The Hall–Kier alpha value is -2.65. The van der Waals surface area contributed by atoms with Gasteiger partial charge in [-0.25, -0.2) is 4.98 Å². The van der Waals surface area contributed by atoms with Crippen LogP contribution < -0.4 is 9.47 Å². The highest BCUT2D eigenvalue weighted by molar-refractivity contribution is 7.99. The van der Waals surface area contributed by atoms with Crippen LogP contribution in [0, 0.1) is 12.8 Å². The summed E-state index contributed by atoms with van der Waals surface area (Å²) >= 11 is 3.15. The molecule has 0 aliphatic heterocycles. The predicted molar refractivity (Wildman–Crippen MR) is 127 cm³/mol. The fourth-order valence-corrected chi connectivity index (χ4v) is 6.58. The van der Waals surface area contributed by atoms with Crippen molar-refractivity contribution in [2.24, 2.45) is 5.92 Å². The van der Waals surface area contributed by atoms with Crippen LogP contribution >= 0.6 is 23.1 Å². The molecule has 32 heavy (non-hydrogen) atoms. The molecule has 1 atom stereocenters. The van der Waals surface area contributed by atoms with E-state index in [9.17, 15) is 4.79 Å². The molecule has 3 heterocycles. The Balaban J connectivity index is 1.48. The van der Waals surface area contributed by atoms with Crippen molar-refractivity contribution in [2.45, 2.75) is 38.3 Å². The van der Waals surface area contributed by atoms with E-state index in [1.165, 1.54) is 28.6 Å². The van der Waals surface area contributed by atoms with Crippen LogP contribution in [0.25, 0.3) is 15.9 Å². The monoisotopic (exact) mass is 468 g/mol. The number of carbonyl (C=O) groups is 1. The Kier molecular flexibility index (Phi) is 5.54. The highest BCUT2D eigenvalue weighted by atomic mass is 32.2. The number of nitrogens with zero attached hydrogens (tertiary/aromatic N) is 4. The Bertz CT molecular complexity index is 1340. The summed E-state index contributed by atoms with van der Waals surface area (Å²) in [6, 6.07) is 5.23. The number of aryl methyl sites for hydroxylation is 2. The summed E-state index contributed by atoms with van der Waals surface area (Å²) in [5.41, 5.74) is 2.71. The summed E-state index contributed by atoms with van der Waals surface area (Å²) in [6.45, 7) is 4.27. The maximum absolute atomic E-state index is 13.0. The number of hydrogen-bond acceptors (Lipinski definition) is 8. The van der Waals surface area contributed by atoms with E-state index in [4.69, 9.17) is 14.5 Å². The number of thiophene rings is 1. The van der Waals surface area contributed by atoms with Crippen LogP contribution in [0.5, 0.6) is 11.5 Å². The van der Waals surface area contributed by atoms with E-state index >= 15 is 0 Å². The van der Waals surface area contributed by atoms with E-state index in [1.807, 2.05) is 11.3 Å². The van der Waals surface area contributed by atoms with Crippen LogP contribution in [0.4, 0.5) is 0 Å². The third-order valence-electron chi connectivity index (χ3n) is 5.98. The zero-order chi connectivity index (χ0) is 22.4. The molecule has 1 aliphatic carbocycles. The molecular formula is C23H24N4O3S2. The number of rotatable bonds is 6. The molecule has 0 amide bonds. The first-order chi connectivity index (χ1) is 15.5. The second-order valence-electron chi connectivity index (χ2n) is 8.11. The van der Waals surface area contributed by atoms with E-state index in [-0.39, 0.29) is 11.5 Å². The van der Waals surface area contributed by atoms with Crippen molar-refractivity contribution in [2.75, 3.05) is 20.0 Å². The molecule has 0 N–H and O–H groups in total. The Morgan fingerprint density at radius 1 is 1.28 bits per heavy atom. The molecule has 4 aromatic rings. The quantitative estimate of drug-likeness (QED) is 0.298. The van der Waals surface area contributed by atoms with Gasteiger partial charge in [0.05, 0.1) is 30.9 Å². The van der Waals surface area contributed by atoms with Gasteiger partial charge < -0.3 is 9.47 Å². The summed E-state index contributed by atoms with van der Waals surface area (Å²) in [7, 11) is 3.13. The Labute approximate surface area is 194 Å². The second-order valence-corrected chi connectivity index (χ2v) is 10.1. The number of thioether (sulfide) groups is 1. The van der Waals surface area contributed by atoms with E-state index < -0.39 is 0 Å². The summed E-state index contributed by atoms with van der Waals surface area (Å²) < 4.78 is 12.6. The molecule has 0 fully saturated rings. The fraction of sp³-hybridized carbons (Fsp3) is 0.391. The lowest BCUT2D eigenvalue weighted by molar-refractivity contribution is 0.101. The molecule has 0 saturated carbocycles. The number of hydrogen-bond donors (Lipinski definition) is 0. The van der Waals surface area contributed by atoms with Gasteiger partial charge in [0.1, 0.15) is 22.2 Å². The fourth-order valence-electron chi connectivity index (χ4n) is 4.30. The minimum Gasteiger partial charge on any atom is -0.497 e. The van der Waals surface area contributed by atoms with Crippen LogP contribution in [-0.2, 0) is 12.8 Å². The normalized spacial score (nSPS) is 15.8. The van der Waals surface area contributed by atoms with Crippen molar-refractivity contribution >= 4 is 44.7 Å². The number of ketones is 1. The van der Waals surface area contributed by atoms with E-state index in [0.717, 1.165) is 34.5 Å². The molecule has 7 nitrogen and oxygen atoms in total. The van der Waals surface area contributed by atoms with Crippen molar-refractivity contribution < 1.29 is 14.3 Å². The number of Topliss-reactive ketones (excluding diaryl/α,β-unsaturated/α-hetero) is 1. The minimum atomic E-state index is -0.0592. The smallest absolute Gasteiger partial charge is 0.197 e. The molecule has 9 heteroatoms. The van der Waals surface area contributed by atoms with Gasteiger partial charge in [0.15, 0.2) is 16.6 Å². The first-order valence-electron chi connectivity index (χ1n) is 10.5. The number of fused-ring (bicyclic) bond motifs is 5. The van der Waals surface area contributed by atoms with Crippen LogP contribution in [0.2, 0.25) is 0 Å². The molecule has 0 saturated heterocycles. The van der Waals surface area contributed by atoms with Crippen LogP contribution in [0.1, 0.15) is 40.0 Å². The molecule has 0 radical (unpaired) electrons. The number of methoxy groups -OCH3 is 2. The highest BCUT2D eigenvalue weighted by Gasteiger charge is 2.25. The van der Waals surface area contributed by atoms with Gasteiger partial charge in [0, 0.05) is 4.88 Å². The lowest BCUT2D eigenvalue weighted by atomic mass is 9.89. The molecule has 1 aliphatic rings. The number of carbonyl (C=O) groups excluding carboxylic acids is 1. The Morgan fingerprint density at radius 2 is 2.12 bits per heavy atom. The van der Waals surface area contributed by atoms with Crippen LogP contribution in [0.15, 0.2) is 23.4 Å².